The zero-order valence-electron chi connectivity index (χ0n) is 14.7. The van der Waals surface area contributed by atoms with Crippen LogP contribution in [0.2, 0.25) is 0 Å². The summed E-state index contributed by atoms with van der Waals surface area (Å²) in [5.74, 6) is -0.0638. The standard InChI is InChI=1S/C20H25FN2O/c1-13(2)20(16-5-7-17(21)8-6-16)22-12-19(24)23-18-10-14(3)9-15(4)11-18/h5-11,13,20,22H,12H2,1-4H3,(H,23,24)/t20-/m1/s1. The number of carbonyl (C=O) groups is 1. The van der Waals surface area contributed by atoms with Gasteiger partial charge in [-0.25, -0.2) is 4.39 Å². The topological polar surface area (TPSA) is 41.1 Å². The molecule has 0 aliphatic heterocycles. The Hall–Kier alpha value is -2.20. The lowest BCUT2D eigenvalue weighted by atomic mass is 9.96. The van der Waals surface area contributed by atoms with Gasteiger partial charge in [0.05, 0.1) is 6.54 Å². The number of anilines is 1. The average Bonchev–Trinajstić information content (AvgIpc) is 2.47. The molecule has 0 heterocycles. The Kier molecular flexibility index (Phi) is 6.10. The molecule has 0 saturated carbocycles. The van der Waals surface area contributed by atoms with E-state index in [0.717, 1.165) is 22.4 Å². The molecule has 0 saturated heterocycles. The van der Waals surface area contributed by atoms with Gasteiger partial charge in [-0.1, -0.05) is 32.0 Å². The molecule has 2 aromatic carbocycles. The Morgan fingerprint density at radius 2 is 1.62 bits per heavy atom. The second-order valence-electron chi connectivity index (χ2n) is 6.58. The van der Waals surface area contributed by atoms with Crippen LogP contribution in [-0.2, 0) is 4.79 Å². The summed E-state index contributed by atoms with van der Waals surface area (Å²) in [6.07, 6.45) is 0. The first-order valence-electron chi connectivity index (χ1n) is 8.22. The molecule has 2 rings (SSSR count). The molecule has 2 N–H and O–H groups in total. The first-order chi connectivity index (χ1) is 11.3. The second-order valence-corrected chi connectivity index (χ2v) is 6.58. The van der Waals surface area contributed by atoms with Gasteiger partial charge in [0.25, 0.3) is 0 Å². The average molecular weight is 328 g/mol. The minimum absolute atomic E-state index is 0.00408. The van der Waals surface area contributed by atoms with Crippen molar-refractivity contribution in [3.63, 3.8) is 0 Å². The fourth-order valence-corrected chi connectivity index (χ4v) is 2.86. The van der Waals surface area contributed by atoms with Gasteiger partial charge < -0.3 is 10.6 Å². The van der Waals surface area contributed by atoms with Crippen LogP contribution >= 0.6 is 0 Å². The minimum Gasteiger partial charge on any atom is -0.325 e. The number of nitrogens with one attached hydrogen (secondary N) is 2. The predicted octanol–water partition coefficient (Wildman–Crippen LogP) is 4.37. The minimum atomic E-state index is -0.256. The van der Waals surface area contributed by atoms with Crippen LogP contribution in [0.1, 0.15) is 36.6 Å². The number of rotatable bonds is 6. The predicted molar refractivity (Wildman–Crippen MR) is 96.5 cm³/mol. The molecular weight excluding hydrogens is 303 g/mol. The number of amides is 1. The molecule has 0 unspecified atom stereocenters. The molecule has 4 heteroatoms. The molecule has 128 valence electrons. The number of hydrogen-bond donors (Lipinski definition) is 2. The summed E-state index contributed by atoms with van der Waals surface area (Å²) in [5.41, 5.74) is 4.02. The molecule has 1 amide bonds. The lowest BCUT2D eigenvalue weighted by Gasteiger charge is -2.23. The van der Waals surface area contributed by atoms with Gasteiger partial charge in [-0.2, -0.15) is 0 Å². The molecule has 2 aromatic rings. The van der Waals surface area contributed by atoms with Crippen molar-refractivity contribution in [2.24, 2.45) is 5.92 Å². The van der Waals surface area contributed by atoms with Gasteiger partial charge in [-0.15, -0.1) is 0 Å². The van der Waals surface area contributed by atoms with Crippen molar-refractivity contribution >= 4 is 11.6 Å². The van der Waals surface area contributed by atoms with Crippen molar-refractivity contribution in [1.29, 1.82) is 0 Å². The van der Waals surface area contributed by atoms with Gasteiger partial charge in [0.15, 0.2) is 0 Å². The summed E-state index contributed by atoms with van der Waals surface area (Å²) in [7, 11) is 0. The van der Waals surface area contributed by atoms with Crippen molar-refractivity contribution in [3.05, 3.63) is 65.0 Å². The van der Waals surface area contributed by atoms with E-state index in [1.54, 1.807) is 12.1 Å². The van der Waals surface area contributed by atoms with Crippen LogP contribution in [0, 0.1) is 25.6 Å². The highest BCUT2D eigenvalue weighted by atomic mass is 19.1. The van der Waals surface area contributed by atoms with Crippen molar-refractivity contribution in [1.82, 2.24) is 5.32 Å². The first kappa shape index (κ1) is 18.1. The van der Waals surface area contributed by atoms with Crippen molar-refractivity contribution in [2.45, 2.75) is 33.7 Å². The maximum Gasteiger partial charge on any atom is 0.238 e. The second kappa shape index (κ2) is 8.06. The third-order valence-electron chi connectivity index (χ3n) is 3.88. The molecule has 1 atom stereocenters. The molecule has 0 aliphatic rings. The summed E-state index contributed by atoms with van der Waals surface area (Å²) < 4.78 is 13.1. The third kappa shape index (κ3) is 5.17. The zero-order valence-corrected chi connectivity index (χ0v) is 14.7. The number of halogens is 1. The van der Waals surface area contributed by atoms with E-state index >= 15 is 0 Å². The normalized spacial score (nSPS) is 12.2. The number of aryl methyl sites for hydroxylation is 2. The highest BCUT2D eigenvalue weighted by Crippen LogP contribution is 2.21. The maximum absolute atomic E-state index is 13.1. The Morgan fingerprint density at radius 3 is 2.17 bits per heavy atom. The molecule has 0 aromatic heterocycles. The van der Waals surface area contributed by atoms with Crippen molar-refractivity contribution in [3.8, 4) is 0 Å². The van der Waals surface area contributed by atoms with E-state index in [9.17, 15) is 9.18 Å². The first-order valence-corrected chi connectivity index (χ1v) is 8.22. The van der Waals surface area contributed by atoms with Crippen LogP contribution in [0.5, 0.6) is 0 Å². The van der Waals surface area contributed by atoms with Gasteiger partial charge in [-0.05, 0) is 60.7 Å². The van der Waals surface area contributed by atoms with E-state index in [0.29, 0.717) is 0 Å². The third-order valence-corrected chi connectivity index (χ3v) is 3.88. The molecule has 0 radical (unpaired) electrons. The van der Waals surface area contributed by atoms with Crippen LogP contribution in [0.4, 0.5) is 10.1 Å². The monoisotopic (exact) mass is 328 g/mol. The summed E-state index contributed by atoms with van der Waals surface area (Å²) in [6.45, 7) is 8.35. The molecular formula is C20H25FN2O. The Balaban J connectivity index is 1.98. The zero-order chi connectivity index (χ0) is 17.7. The van der Waals surface area contributed by atoms with E-state index in [1.165, 1.54) is 12.1 Å². The van der Waals surface area contributed by atoms with Gasteiger partial charge >= 0.3 is 0 Å². The Bertz CT molecular complexity index is 675. The van der Waals surface area contributed by atoms with E-state index in [1.807, 2.05) is 26.0 Å². The summed E-state index contributed by atoms with van der Waals surface area (Å²) in [5, 5.41) is 6.19. The van der Waals surface area contributed by atoms with Crippen LogP contribution in [0.3, 0.4) is 0 Å². The summed E-state index contributed by atoms with van der Waals surface area (Å²) >= 11 is 0. The molecule has 0 fully saturated rings. The highest BCUT2D eigenvalue weighted by Gasteiger charge is 2.16. The number of hydrogen-bond acceptors (Lipinski definition) is 2. The molecule has 3 nitrogen and oxygen atoms in total. The Labute approximate surface area is 143 Å². The molecule has 0 spiro atoms. The van der Waals surface area contributed by atoms with Crippen LogP contribution < -0.4 is 10.6 Å². The summed E-state index contributed by atoms with van der Waals surface area (Å²) in [4.78, 5) is 12.2. The van der Waals surface area contributed by atoms with Crippen LogP contribution in [-0.4, -0.2) is 12.5 Å². The van der Waals surface area contributed by atoms with Gasteiger partial charge in [0, 0.05) is 11.7 Å². The fraction of sp³-hybridized carbons (Fsp3) is 0.350. The van der Waals surface area contributed by atoms with E-state index < -0.39 is 0 Å². The molecule has 24 heavy (non-hydrogen) atoms. The quantitative estimate of drug-likeness (QED) is 0.827. The number of carbonyl (C=O) groups excluding carboxylic acids is 1. The van der Waals surface area contributed by atoms with Crippen LogP contribution in [0.25, 0.3) is 0 Å². The molecule has 0 bridgehead atoms. The van der Waals surface area contributed by atoms with Crippen molar-refractivity contribution in [2.75, 3.05) is 11.9 Å². The van der Waals surface area contributed by atoms with Crippen LogP contribution in [0.15, 0.2) is 42.5 Å². The fourth-order valence-electron chi connectivity index (χ4n) is 2.86. The van der Waals surface area contributed by atoms with Crippen molar-refractivity contribution < 1.29 is 9.18 Å². The number of benzene rings is 2. The van der Waals surface area contributed by atoms with Gasteiger partial charge in [-0.3, -0.25) is 4.79 Å². The lowest BCUT2D eigenvalue weighted by Crippen LogP contribution is -2.33. The summed E-state index contributed by atoms with van der Waals surface area (Å²) in [6, 6.07) is 12.4. The largest absolute Gasteiger partial charge is 0.325 e. The lowest BCUT2D eigenvalue weighted by molar-refractivity contribution is -0.115. The SMILES string of the molecule is Cc1cc(C)cc(NC(=O)CN[C@@H](c2ccc(F)cc2)C(C)C)c1. The highest BCUT2D eigenvalue weighted by molar-refractivity contribution is 5.92. The smallest absolute Gasteiger partial charge is 0.238 e. The maximum atomic E-state index is 13.1. The molecule has 0 aliphatic carbocycles. The van der Waals surface area contributed by atoms with E-state index in [-0.39, 0.29) is 30.2 Å². The van der Waals surface area contributed by atoms with E-state index in [4.69, 9.17) is 0 Å². The Morgan fingerprint density at radius 1 is 1.04 bits per heavy atom. The van der Waals surface area contributed by atoms with E-state index in [2.05, 4.69) is 30.5 Å². The van der Waals surface area contributed by atoms with Gasteiger partial charge in [0.2, 0.25) is 5.91 Å². The van der Waals surface area contributed by atoms with Gasteiger partial charge in [0.1, 0.15) is 5.82 Å².